The molecule has 0 spiro atoms. The molecule has 1 heterocycles. The van der Waals surface area contributed by atoms with Gasteiger partial charge in [-0.1, -0.05) is 13.0 Å². The van der Waals surface area contributed by atoms with Crippen molar-refractivity contribution in [2.75, 3.05) is 38.2 Å². The van der Waals surface area contributed by atoms with Crippen molar-refractivity contribution in [3.05, 3.63) is 53.6 Å². The maximum absolute atomic E-state index is 12.5. The molecule has 1 amide bonds. The molecule has 3 N–H and O–H groups in total. The van der Waals surface area contributed by atoms with E-state index in [1.54, 1.807) is 6.07 Å². The van der Waals surface area contributed by atoms with Gasteiger partial charge in [-0.25, -0.2) is 0 Å². The van der Waals surface area contributed by atoms with E-state index in [9.17, 15) is 15.0 Å². The van der Waals surface area contributed by atoms with Gasteiger partial charge in [0.25, 0.3) is 0 Å². The van der Waals surface area contributed by atoms with E-state index in [4.69, 9.17) is 9.47 Å². The number of aliphatic hydroxyl groups is 1. The summed E-state index contributed by atoms with van der Waals surface area (Å²) in [5.41, 5.74) is 3.15. The van der Waals surface area contributed by atoms with E-state index in [-0.39, 0.29) is 29.4 Å². The minimum Gasteiger partial charge on any atom is -0.508 e. The number of unbranched alkanes of at least 4 members (excludes halogenated alkanes) is 1. The number of phenols is 1. The topological polar surface area (TPSA) is 91.3 Å². The fraction of sp³-hybridized carbons (Fsp3) is 0.606. The molecule has 0 bridgehead atoms. The van der Waals surface area contributed by atoms with E-state index in [0.717, 1.165) is 89.2 Å². The number of amides is 1. The fourth-order valence-electron chi connectivity index (χ4n) is 8.16. The molecule has 1 aliphatic heterocycles. The number of benzene rings is 2. The number of hydrogen-bond acceptors (Lipinski definition) is 6. The number of aliphatic hydroxyl groups excluding tert-OH is 1. The average molecular weight is 549 g/mol. The van der Waals surface area contributed by atoms with Gasteiger partial charge < -0.3 is 25.0 Å². The zero-order chi connectivity index (χ0) is 27.7. The number of hydrogen-bond donors (Lipinski definition) is 3. The molecular formula is C33H44N2O5. The highest BCUT2D eigenvalue weighted by Crippen LogP contribution is 2.61. The van der Waals surface area contributed by atoms with Gasteiger partial charge in [0.05, 0.1) is 19.3 Å². The van der Waals surface area contributed by atoms with E-state index < -0.39 is 0 Å². The van der Waals surface area contributed by atoms with Gasteiger partial charge in [-0.3, -0.25) is 9.69 Å². The number of rotatable bonds is 8. The standard InChI is InChI=1S/C33H44N2O5/c1-33-21-29(32-26-12-8-24(36)20-22(26)5-11-27(32)28(33)13-14-30(33)37)40-25-9-6-23(7-10-25)34-31(38)4-2-3-15-35-16-18-39-19-17-35/h6-10,12,20,27-30,32,36-37H,2-5,11,13-19,21H2,1H3,(H,34,38)/t27-,28-,29-,30-,32+,33-/m0/s1. The average Bonchev–Trinajstić information content (AvgIpc) is 3.26. The smallest absolute Gasteiger partial charge is 0.224 e. The lowest BCUT2D eigenvalue weighted by Gasteiger charge is -2.53. The van der Waals surface area contributed by atoms with Gasteiger partial charge in [0.15, 0.2) is 0 Å². The predicted octanol–water partition coefficient (Wildman–Crippen LogP) is 5.11. The summed E-state index contributed by atoms with van der Waals surface area (Å²) in [5, 5.41) is 24.2. The molecule has 40 heavy (non-hydrogen) atoms. The first-order chi connectivity index (χ1) is 19.4. The summed E-state index contributed by atoms with van der Waals surface area (Å²) in [4.78, 5) is 14.9. The molecule has 3 fully saturated rings. The summed E-state index contributed by atoms with van der Waals surface area (Å²) in [5.74, 6) is 2.33. The van der Waals surface area contributed by atoms with Crippen molar-refractivity contribution in [3.63, 3.8) is 0 Å². The Balaban J connectivity index is 1.09. The Labute approximate surface area is 237 Å². The lowest BCUT2D eigenvalue weighted by molar-refractivity contribution is -0.116. The second-order valence-electron chi connectivity index (χ2n) is 12.7. The summed E-state index contributed by atoms with van der Waals surface area (Å²) in [6, 6.07) is 13.5. The van der Waals surface area contributed by atoms with Crippen molar-refractivity contribution < 1.29 is 24.5 Å². The summed E-state index contributed by atoms with van der Waals surface area (Å²) < 4.78 is 12.1. The van der Waals surface area contributed by atoms with Gasteiger partial charge in [-0.15, -0.1) is 0 Å². The predicted molar refractivity (Wildman–Crippen MR) is 155 cm³/mol. The SMILES string of the molecule is C[C@]12C[C@H](Oc3ccc(NC(=O)CCCCN4CCOCC4)cc3)[C@@H]3c4ccc(O)cc4CC[C@H]3[C@@H]1CC[C@@H]2O. The molecule has 2 aromatic rings. The van der Waals surface area contributed by atoms with Crippen LogP contribution < -0.4 is 10.1 Å². The largest absolute Gasteiger partial charge is 0.508 e. The highest BCUT2D eigenvalue weighted by atomic mass is 16.5. The lowest BCUT2D eigenvalue weighted by Crippen LogP contribution is -2.51. The highest BCUT2D eigenvalue weighted by molar-refractivity contribution is 5.90. The third kappa shape index (κ3) is 5.61. The molecule has 2 aromatic carbocycles. The van der Waals surface area contributed by atoms with Gasteiger partial charge >= 0.3 is 0 Å². The van der Waals surface area contributed by atoms with Gasteiger partial charge in [-0.2, -0.15) is 0 Å². The molecule has 216 valence electrons. The molecule has 2 saturated carbocycles. The van der Waals surface area contributed by atoms with Crippen molar-refractivity contribution in [1.29, 1.82) is 0 Å². The van der Waals surface area contributed by atoms with E-state index in [0.29, 0.717) is 24.0 Å². The molecule has 1 saturated heterocycles. The zero-order valence-electron chi connectivity index (χ0n) is 23.7. The van der Waals surface area contributed by atoms with Crippen LogP contribution in [-0.4, -0.2) is 66.1 Å². The van der Waals surface area contributed by atoms with Crippen molar-refractivity contribution in [2.24, 2.45) is 17.3 Å². The first-order valence-electron chi connectivity index (χ1n) is 15.3. The Kier molecular flexibility index (Phi) is 8.07. The first kappa shape index (κ1) is 27.6. The number of fused-ring (bicyclic) bond motifs is 5. The van der Waals surface area contributed by atoms with Crippen LogP contribution in [0.25, 0.3) is 0 Å². The number of morpholine rings is 1. The number of nitrogens with zero attached hydrogens (tertiary/aromatic N) is 1. The molecule has 3 aliphatic carbocycles. The maximum atomic E-state index is 12.5. The Morgan fingerprint density at radius 1 is 1.10 bits per heavy atom. The summed E-state index contributed by atoms with van der Waals surface area (Å²) >= 11 is 0. The van der Waals surface area contributed by atoms with Crippen molar-refractivity contribution in [3.8, 4) is 11.5 Å². The van der Waals surface area contributed by atoms with Crippen LogP contribution in [0.3, 0.4) is 0 Å². The molecule has 7 heteroatoms. The van der Waals surface area contributed by atoms with Crippen LogP contribution in [0.4, 0.5) is 5.69 Å². The van der Waals surface area contributed by atoms with Crippen LogP contribution in [0.5, 0.6) is 11.5 Å². The molecule has 0 aromatic heterocycles. The molecular weight excluding hydrogens is 504 g/mol. The van der Waals surface area contributed by atoms with Crippen molar-refractivity contribution >= 4 is 11.6 Å². The van der Waals surface area contributed by atoms with Crippen LogP contribution >= 0.6 is 0 Å². The number of carbonyl (C=O) groups excluding carboxylic acids is 1. The minimum absolute atomic E-state index is 0.0435. The summed E-state index contributed by atoms with van der Waals surface area (Å²) in [6.45, 7) is 6.87. The number of phenolic OH excluding ortho intramolecular Hbond substituents is 1. The van der Waals surface area contributed by atoms with Crippen molar-refractivity contribution in [1.82, 2.24) is 4.90 Å². The Morgan fingerprint density at radius 2 is 1.90 bits per heavy atom. The first-order valence-corrected chi connectivity index (χ1v) is 15.3. The second kappa shape index (κ2) is 11.7. The Morgan fingerprint density at radius 3 is 2.70 bits per heavy atom. The van der Waals surface area contributed by atoms with Gasteiger partial charge in [-0.05, 0) is 111 Å². The normalized spacial score (nSPS) is 31.6. The molecule has 6 rings (SSSR count). The Bertz CT molecular complexity index is 1180. The second-order valence-corrected chi connectivity index (χ2v) is 12.7. The molecule has 6 atom stereocenters. The van der Waals surface area contributed by atoms with Crippen LogP contribution in [0.2, 0.25) is 0 Å². The number of carbonyl (C=O) groups is 1. The number of aromatic hydroxyl groups is 1. The zero-order valence-corrected chi connectivity index (χ0v) is 23.7. The van der Waals surface area contributed by atoms with Crippen LogP contribution in [0.15, 0.2) is 42.5 Å². The van der Waals surface area contributed by atoms with Crippen LogP contribution in [0.1, 0.15) is 68.9 Å². The van der Waals surface area contributed by atoms with E-state index in [2.05, 4.69) is 23.2 Å². The third-order valence-corrected chi connectivity index (χ3v) is 10.3. The third-order valence-electron chi connectivity index (χ3n) is 10.3. The van der Waals surface area contributed by atoms with E-state index >= 15 is 0 Å². The maximum Gasteiger partial charge on any atom is 0.224 e. The number of ether oxygens (including phenoxy) is 2. The Hall–Kier alpha value is -2.61. The highest BCUT2D eigenvalue weighted by Gasteiger charge is 2.58. The van der Waals surface area contributed by atoms with Gasteiger partial charge in [0.2, 0.25) is 5.91 Å². The van der Waals surface area contributed by atoms with Gasteiger partial charge in [0.1, 0.15) is 17.6 Å². The van der Waals surface area contributed by atoms with E-state index in [1.165, 1.54) is 11.1 Å². The molecule has 0 radical (unpaired) electrons. The lowest BCUT2D eigenvalue weighted by atomic mass is 9.54. The minimum atomic E-state index is -0.294. The molecule has 0 unspecified atom stereocenters. The van der Waals surface area contributed by atoms with Crippen LogP contribution in [-0.2, 0) is 16.0 Å². The number of aryl methyl sites for hydroxylation is 1. The monoisotopic (exact) mass is 548 g/mol. The molecule has 4 aliphatic rings. The quantitative estimate of drug-likeness (QED) is 0.397. The van der Waals surface area contributed by atoms with Crippen LogP contribution in [0, 0.1) is 17.3 Å². The van der Waals surface area contributed by atoms with Crippen molar-refractivity contribution in [2.45, 2.75) is 76.4 Å². The number of anilines is 1. The summed E-state index contributed by atoms with van der Waals surface area (Å²) in [6.07, 6.45) is 6.82. The fourth-order valence-corrected chi connectivity index (χ4v) is 8.16. The number of nitrogens with one attached hydrogen (secondary N) is 1. The van der Waals surface area contributed by atoms with E-state index in [1.807, 2.05) is 30.3 Å². The summed E-state index contributed by atoms with van der Waals surface area (Å²) in [7, 11) is 0. The molecule has 7 nitrogen and oxygen atoms in total. The van der Waals surface area contributed by atoms with Gasteiger partial charge in [0, 0.05) is 36.5 Å².